The Balaban J connectivity index is 2.06. The highest BCUT2D eigenvalue weighted by atomic mass is 32.1. The minimum Gasteiger partial charge on any atom is -0.478 e. The van der Waals surface area contributed by atoms with Crippen LogP contribution in [0.4, 0.5) is 5.69 Å². The lowest BCUT2D eigenvalue weighted by Gasteiger charge is -2.22. The van der Waals surface area contributed by atoms with Crippen molar-refractivity contribution in [2.45, 2.75) is 26.8 Å². The third-order valence-electron chi connectivity index (χ3n) is 4.30. The molecule has 1 N–H and O–H groups in total. The van der Waals surface area contributed by atoms with Gasteiger partial charge in [-0.05, 0) is 19.1 Å². The fourth-order valence-corrected chi connectivity index (χ4v) is 3.91. The summed E-state index contributed by atoms with van der Waals surface area (Å²) in [5, 5.41) is 10.8. The molecule has 8 heteroatoms. The van der Waals surface area contributed by atoms with Crippen LogP contribution in [0.5, 0.6) is 0 Å². The first-order chi connectivity index (χ1) is 13.0. The van der Waals surface area contributed by atoms with E-state index in [1.807, 2.05) is 44.2 Å². The van der Waals surface area contributed by atoms with E-state index >= 15 is 0 Å². The number of hydrogen-bond donors (Lipinski definition) is 1. The molecule has 0 saturated carbocycles. The monoisotopic (exact) mass is 385 g/mol. The molecule has 0 spiro atoms. The number of rotatable bonds is 6. The third kappa shape index (κ3) is 3.48. The number of aryl methyl sites for hydroxylation is 1. The predicted octanol–water partition coefficient (Wildman–Crippen LogP) is 2.77. The van der Waals surface area contributed by atoms with Crippen LogP contribution in [0.3, 0.4) is 0 Å². The number of benzene rings is 1. The van der Waals surface area contributed by atoms with E-state index in [2.05, 4.69) is 4.98 Å². The topological polar surface area (TPSA) is 92.5 Å². The first kappa shape index (κ1) is 18.8. The number of carbonyl (C=O) groups is 2. The normalized spacial score (nSPS) is 10.9. The third-order valence-corrected chi connectivity index (χ3v) is 5.17. The van der Waals surface area contributed by atoms with E-state index < -0.39 is 11.5 Å². The van der Waals surface area contributed by atoms with Crippen molar-refractivity contribution in [3.05, 3.63) is 57.5 Å². The second-order valence-electron chi connectivity index (χ2n) is 5.88. The molecule has 3 aromatic rings. The number of fused-ring (bicyclic) bond motifs is 1. The maximum Gasteiger partial charge on any atom is 0.337 e. The number of thiophene rings is 1. The van der Waals surface area contributed by atoms with Gasteiger partial charge in [0.2, 0.25) is 5.91 Å². The van der Waals surface area contributed by atoms with Gasteiger partial charge in [0.1, 0.15) is 17.2 Å². The molecule has 0 bridgehead atoms. The molecule has 27 heavy (non-hydrogen) atoms. The number of aromatic carboxylic acids is 1. The van der Waals surface area contributed by atoms with Gasteiger partial charge < -0.3 is 10.0 Å². The zero-order chi connectivity index (χ0) is 19.6. The fourth-order valence-electron chi connectivity index (χ4n) is 2.99. The molecule has 3 rings (SSSR count). The summed E-state index contributed by atoms with van der Waals surface area (Å²) in [6, 6.07) is 9.20. The van der Waals surface area contributed by atoms with Crippen molar-refractivity contribution in [1.29, 1.82) is 0 Å². The lowest BCUT2D eigenvalue weighted by atomic mass is 10.2. The average Bonchev–Trinajstić information content (AvgIpc) is 3.10. The number of carbonyl (C=O) groups excluding carboxylic acids is 1. The summed E-state index contributed by atoms with van der Waals surface area (Å²) in [6.45, 7) is 3.96. The van der Waals surface area contributed by atoms with Gasteiger partial charge in [-0.1, -0.05) is 25.1 Å². The molecular formula is C19H19N3O4S. The Kier molecular flexibility index (Phi) is 5.36. The SMILES string of the molecule is CCc1nc2scc(C(=O)O)c2c(=O)n1CC(=O)N(CC)c1ccccc1. The van der Waals surface area contributed by atoms with E-state index in [0.717, 1.165) is 17.0 Å². The molecule has 7 nitrogen and oxygen atoms in total. The summed E-state index contributed by atoms with van der Waals surface area (Å²) in [4.78, 5) is 43.7. The number of amides is 1. The lowest BCUT2D eigenvalue weighted by Crippen LogP contribution is -2.38. The van der Waals surface area contributed by atoms with Gasteiger partial charge in [-0.3, -0.25) is 14.2 Å². The Bertz CT molecular complexity index is 1060. The molecular weight excluding hydrogens is 366 g/mol. The van der Waals surface area contributed by atoms with Gasteiger partial charge in [-0.2, -0.15) is 0 Å². The van der Waals surface area contributed by atoms with E-state index in [0.29, 0.717) is 23.6 Å². The summed E-state index contributed by atoms with van der Waals surface area (Å²) in [5.41, 5.74) is 0.173. The van der Waals surface area contributed by atoms with Crippen molar-refractivity contribution < 1.29 is 14.7 Å². The largest absolute Gasteiger partial charge is 0.478 e. The minimum absolute atomic E-state index is 0.0558. The molecule has 1 amide bonds. The first-order valence-electron chi connectivity index (χ1n) is 8.57. The van der Waals surface area contributed by atoms with E-state index in [1.54, 1.807) is 4.90 Å². The van der Waals surface area contributed by atoms with Gasteiger partial charge >= 0.3 is 5.97 Å². The minimum atomic E-state index is -1.18. The van der Waals surface area contributed by atoms with E-state index in [9.17, 15) is 19.5 Å². The Hall–Kier alpha value is -3.00. The Morgan fingerprint density at radius 2 is 1.93 bits per heavy atom. The predicted molar refractivity (Wildman–Crippen MR) is 105 cm³/mol. The summed E-state index contributed by atoms with van der Waals surface area (Å²) in [6.07, 6.45) is 0.455. The van der Waals surface area contributed by atoms with Crippen LogP contribution in [0.2, 0.25) is 0 Å². The molecule has 2 aromatic heterocycles. The molecule has 0 aliphatic carbocycles. The number of hydrogen-bond acceptors (Lipinski definition) is 5. The number of para-hydroxylation sites is 1. The van der Waals surface area contributed by atoms with Crippen LogP contribution in [0.15, 0.2) is 40.5 Å². The molecule has 0 aliphatic rings. The summed E-state index contributed by atoms with van der Waals surface area (Å²) in [5.74, 6) is -0.973. The van der Waals surface area contributed by atoms with E-state index in [-0.39, 0.29) is 23.4 Å². The highest BCUT2D eigenvalue weighted by Gasteiger charge is 2.22. The van der Waals surface area contributed by atoms with Crippen LogP contribution in [-0.2, 0) is 17.8 Å². The molecule has 0 atom stereocenters. The number of carboxylic acids is 1. The molecule has 0 aliphatic heterocycles. The van der Waals surface area contributed by atoms with Crippen LogP contribution in [0, 0.1) is 0 Å². The van der Waals surface area contributed by atoms with Gasteiger partial charge in [0, 0.05) is 24.0 Å². The maximum atomic E-state index is 13.0. The van der Waals surface area contributed by atoms with Crippen LogP contribution >= 0.6 is 11.3 Å². The van der Waals surface area contributed by atoms with Crippen LogP contribution < -0.4 is 10.5 Å². The second-order valence-corrected chi connectivity index (χ2v) is 6.74. The summed E-state index contributed by atoms with van der Waals surface area (Å²) < 4.78 is 1.29. The van der Waals surface area contributed by atoms with E-state index in [1.165, 1.54) is 9.95 Å². The molecule has 0 radical (unpaired) electrons. The van der Waals surface area contributed by atoms with Crippen molar-refractivity contribution in [3.63, 3.8) is 0 Å². The van der Waals surface area contributed by atoms with Crippen LogP contribution in [0.1, 0.15) is 30.0 Å². The number of carboxylic acid groups (broad SMARTS) is 1. The smallest absolute Gasteiger partial charge is 0.337 e. The Morgan fingerprint density at radius 1 is 1.22 bits per heavy atom. The van der Waals surface area contributed by atoms with Crippen LogP contribution in [0.25, 0.3) is 10.2 Å². The zero-order valence-corrected chi connectivity index (χ0v) is 15.8. The lowest BCUT2D eigenvalue weighted by molar-refractivity contribution is -0.119. The Labute approximate surface area is 159 Å². The van der Waals surface area contributed by atoms with Crippen molar-refractivity contribution >= 4 is 39.1 Å². The number of anilines is 1. The molecule has 2 heterocycles. The van der Waals surface area contributed by atoms with Crippen molar-refractivity contribution in [3.8, 4) is 0 Å². The highest BCUT2D eigenvalue weighted by molar-refractivity contribution is 7.17. The molecule has 0 fully saturated rings. The average molecular weight is 385 g/mol. The zero-order valence-electron chi connectivity index (χ0n) is 15.0. The first-order valence-corrected chi connectivity index (χ1v) is 9.45. The summed E-state index contributed by atoms with van der Waals surface area (Å²) in [7, 11) is 0. The van der Waals surface area contributed by atoms with Gasteiger partial charge in [0.25, 0.3) is 5.56 Å². The second kappa shape index (κ2) is 7.71. The number of aromatic nitrogens is 2. The molecule has 0 saturated heterocycles. The number of nitrogens with zero attached hydrogens (tertiary/aromatic N) is 3. The maximum absolute atomic E-state index is 13.0. The van der Waals surface area contributed by atoms with Gasteiger partial charge in [-0.25, -0.2) is 9.78 Å². The van der Waals surface area contributed by atoms with Gasteiger partial charge in [0.15, 0.2) is 0 Å². The van der Waals surface area contributed by atoms with Gasteiger partial charge in [-0.15, -0.1) is 11.3 Å². The van der Waals surface area contributed by atoms with E-state index in [4.69, 9.17) is 0 Å². The summed E-state index contributed by atoms with van der Waals surface area (Å²) >= 11 is 1.12. The quantitative estimate of drug-likeness (QED) is 0.704. The highest BCUT2D eigenvalue weighted by Crippen LogP contribution is 2.22. The molecule has 1 aromatic carbocycles. The fraction of sp³-hybridized carbons (Fsp3) is 0.263. The van der Waals surface area contributed by atoms with Crippen LogP contribution in [-0.4, -0.2) is 33.1 Å². The van der Waals surface area contributed by atoms with Gasteiger partial charge in [0.05, 0.1) is 10.9 Å². The van der Waals surface area contributed by atoms with Crippen molar-refractivity contribution in [1.82, 2.24) is 9.55 Å². The molecule has 0 unspecified atom stereocenters. The molecule has 140 valence electrons. The Morgan fingerprint density at radius 3 is 2.52 bits per heavy atom. The standard InChI is InChI=1S/C19H19N3O4S/c1-3-14-20-17-16(13(11-27-17)19(25)26)18(24)22(14)10-15(23)21(4-2)12-8-6-5-7-9-12/h5-9,11H,3-4,10H2,1-2H3,(H,25,26). The number of likely N-dealkylation sites (N-methyl/N-ethyl adjacent to an activating group) is 1. The van der Waals surface area contributed by atoms with Crippen molar-refractivity contribution in [2.24, 2.45) is 0 Å². The van der Waals surface area contributed by atoms with Crippen molar-refractivity contribution in [2.75, 3.05) is 11.4 Å².